The summed E-state index contributed by atoms with van der Waals surface area (Å²) in [6, 6.07) is 14.5. The molecule has 2 rings (SSSR count). The van der Waals surface area contributed by atoms with Crippen LogP contribution in [-0.2, 0) is 0 Å². The molecule has 0 spiro atoms. The molecule has 0 aromatic heterocycles. The molecule has 0 saturated carbocycles. The molecule has 0 atom stereocenters. The van der Waals surface area contributed by atoms with Crippen molar-refractivity contribution in [3.05, 3.63) is 70.2 Å². The predicted octanol–water partition coefficient (Wildman–Crippen LogP) is 5.55. The zero-order valence-corrected chi connectivity index (χ0v) is 14.8. The fourth-order valence-electron chi connectivity index (χ4n) is 1.62. The largest absolute Gasteiger partial charge is 0.330 e. The van der Waals surface area contributed by atoms with E-state index in [9.17, 15) is 0 Å². The Hall–Kier alpha value is -1.59. The Morgan fingerprint density at radius 1 is 1.04 bits per heavy atom. The number of thiocarbonyl (C=S) groups is 1. The van der Waals surface area contributed by atoms with Crippen LogP contribution in [0.3, 0.4) is 0 Å². The lowest BCUT2D eigenvalue weighted by Crippen LogP contribution is -2.23. The second-order valence-electron chi connectivity index (χ2n) is 4.35. The number of hydrogen-bond acceptors (Lipinski definition) is 2. The predicted molar refractivity (Wildman–Crippen MR) is 105 cm³/mol. The number of anilines is 1. The van der Waals surface area contributed by atoms with E-state index in [0.29, 0.717) is 25.9 Å². The quantitative estimate of drug-likeness (QED) is 0.412. The second kappa shape index (κ2) is 8.89. The third-order valence-electron chi connectivity index (χ3n) is 2.70. The summed E-state index contributed by atoms with van der Waals surface area (Å²) in [7, 11) is 0. The van der Waals surface area contributed by atoms with Crippen molar-refractivity contribution in [2.75, 3.05) is 5.32 Å². The van der Waals surface area contributed by atoms with Crippen LogP contribution in [-0.4, -0.2) is 11.3 Å². The fraction of sp³-hybridized carbons (Fsp3) is 0. The Bertz CT molecular complexity index is 742. The Morgan fingerprint density at radius 3 is 2.43 bits per heavy atom. The van der Waals surface area contributed by atoms with E-state index in [4.69, 9.17) is 47.0 Å². The summed E-state index contributed by atoms with van der Waals surface area (Å²) in [6.07, 6.45) is 3.16. The molecular formula is C16H12Cl3N3S. The molecule has 0 aliphatic carbocycles. The molecule has 0 aliphatic rings. The lowest BCUT2D eigenvalue weighted by molar-refractivity contribution is 1.05. The van der Waals surface area contributed by atoms with Crippen LogP contribution < -0.4 is 10.7 Å². The lowest BCUT2D eigenvalue weighted by Gasteiger charge is -2.07. The Kier molecular flexibility index (Phi) is 6.86. The molecule has 0 radical (unpaired) electrons. The molecule has 2 aromatic rings. The summed E-state index contributed by atoms with van der Waals surface area (Å²) in [5, 5.41) is 9.01. The zero-order chi connectivity index (χ0) is 16.7. The number of nitrogens with zero attached hydrogens (tertiary/aromatic N) is 1. The van der Waals surface area contributed by atoms with Crippen LogP contribution in [0.5, 0.6) is 0 Å². The molecule has 0 amide bonds. The molecule has 2 aromatic carbocycles. The maximum atomic E-state index is 6.16. The average Bonchev–Trinajstić information content (AvgIpc) is 2.54. The number of rotatable bonds is 4. The Balaban J connectivity index is 1.88. The molecule has 118 valence electrons. The van der Waals surface area contributed by atoms with Gasteiger partial charge in [-0.3, -0.25) is 5.43 Å². The number of benzene rings is 2. The molecule has 0 heterocycles. The topological polar surface area (TPSA) is 36.4 Å². The first-order valence-electron chi connectivity index (χ1n) is 6.52. The van der Waals surface area contributed by atoms with Gasteiger partial charge in [-0.25, -0.2) is 0 Å². The van der Waals surface area contributed by atoms with Gasteiger partial charge in [-0.2, -0.15) is 5.10 Å². The first-order chi connectivity index (χ1) is 11.1. The van der Waals surface area contributed by atoms with Gasteiger partial charge in [0.2, 0.25) is 0 Å². The number of halogens is 3. The van der Waals surface area contributed by atoms with E-state index in [0.717, 1.165) is 5.56 Å². The minimum absolute atomic E-state index is 0.324. The van der Waals surface area contributed by atoms with Crippen LogP contribution in [0.15, 0.2) is 59.7 Å². The van der Waals surface area contributed by atoms with Crippen molar-refractivity contribution in [3.8, 4) is 0 Å². The van der Waals surface area contributed by atoms with Crippen molar-refractivity contribution in [2.24, 2.45) is 5.10 Å². The highest BCUT2D eigenvalue weighted by molar-refractivity contribution is 7.80. The summed E-state index contributed by atoms with van der Waals surface area (Å²) in [6.45, 7) is 0. The molecular weight excluding hydrogens is 373 g/mol. The monoisotopic (exact) mass is 383 g/mol. The van der Waals surface area contributed by atoms with E-state index in [-0.39, 0.29) is 0 Å². The van der Waals surface area contributed by atoms with Gasteiger partial charge in [0.15, 0.2) is 5.11 Å². The number of hydrazone groups is 1. The molecule has 3 nitrogen and oxygen atoms in total. The van der Waals surface area contributed by atoms with E-state index in [1.54, 1.807) is 24.3 Å². The smallest absolute Gasteiger partial charge is 0.191 e. The SMILES string of the molecule is S=C(N/N=C\C=C(/Cl)c1ccc(Cl)cc1)Nc1ccccc1Cl. The van der Waals surface area contributed by atoms with Gasteiger partial charge in [-0.15, -0.1) is 0 Å². The molecule has 0 saturated heterocycles. The maximum Gasteiger partial charge on any atom is 0.191 e. The maximum absolute atomic E-state index is 6.16. The molecule has 23 heavy (non-hydrogen) atoms. The molecule has 2 N–H and O–H groups in total. The number of para-hydroxylation sites is 1. The van der Waals surface area contributed by atoms with Crippen LogP contribution in [0.1, 0.15) is 5.56 Å². The van der Waals surface area contributed by atoms with Crippen molar-refractivity contribution in [1.82, 2.24) is 5.43 Å². The van der Waals surface area contributed by atoms with Gasteiger partial charge in [0.25, 0.3) is 0 Å². The lowest BCUT2D eigenvalue weighted by atomic mass is 10.2. The number of hydrogen-bond donors (Lipinski definition) is 2. The van der Waals surface area contributed by atoms with Crippen molar-refractivity contribution < 1.29 is 0 Å². The van der Waals surface area contributed by atoms with Crippen LogP contribution in [0.4, 0.5) is 5.69 Å². The summed E-state index contributed by atoms with van der Waals surface area (Å²) >= 11 is 23.1. The van der Waals surface area contributed by atoms with Crippen LogP contribution in [0, 0.1) is 0 Å². The van der Waals surface area contributed by atoms with Gasteiger partial charge in [0, 0.05) is 16.3 Å². The van der Waals surface area contributed by atoms with Gasteiger partial charge >= 0.3 is 0 Å². The molecule has 0 bridgehead atoms. The van der Waals surface area contributed by atoms with Crippen molar-refractivity contribution in [3.63, 3.8) is 0 Å². The highest BCUT2D eigenvalue weighted by Gasteiger charge is 2.00. The van der Waals surface area contributed by atoms with E-state index in [1.165, 1.54) is 6.21 Å². The summed E-state index contributed by atoms with van der Waals surface area (Å²) in [4.78, 5) is 0. The standard InChI is InChI=1S/C16H12Cl3N3S/c17-12-7-5-11(6-8-12)13(18)9-10-20-22-16(23)21-15-4-2-1-3-14(15)19/h1-10H,(H2,21,22,23)/b13-9-,20-10-. The van der Waals surface area contributed by atoms with E-state index in [2.05, 4.69) is 15.8 Å². The number of allylic oxidation sites excluding steroid dienone is 1. The zero-order valence-electron chi connectivity index (χ0n) is 11.8. The van der Waals surface area contributed by atoms with Gasteiger partial charge in [-0.1, -0.05) is 59.1 Å². The first-order valence-corrected chi connectivity index (χ1v) is 8.07. The van der Waals surface area contributed by atoms with Gasteiger partial charge in [-0.05, 0) is 48.1 Å². The van der Waals surface area contributed by atoms with E-state index >= 15 is 0 Å². The third kappa shape index (κ3) is 5.84. The van der Waals surface area contributed by atoms with Crippen LogP contribution in [0.2, 0.25) is 10.0 Å². The first kappa shape index (κ1) is 17.8. The van der Waals surface area contributed by atoms with E-state index < -0.39 is 0 Å². The average molecular weight is 385 g/mol. The number of nitrogens with one attached hydrogen (secondary N) is 2. The summed E-state index contributed by atoms with van der Waals surface area (Å²) < 4.78 is 0. The van der Waals surface area contributed by atoms with E-state index in [1.807, 2.05) is 30.3 Å². The van der Waals surface area contributed by atoms with Crippen LogP contribution in [0.25, 0.3) is 5.03 Å². The Labute approximate surface area is 154 Å². The highest BCUT2D eigenvalue weighted by atomic mass is 35.5. The van der Waals surface area contributed by atoms with Crippen molar-refractivity contribution >= 4 is 69.1 Å². The molecule has 7 heteroatoms. The van der Waals surface area contributed by atoms with Crippen molar-refractivity contribution in [2.45, 2.75) is 0 Å². The normalized spacial score (nSPS) is 11.5. The van der Waals surface area contributed by atoms with Crippen LogP contribution >= 0.6 is 47.0 Å². The fourth-order valence-corrected chi connectivity index (χ4v) is 2.27. The molecule has 0 unspecified atom stereocenters. The van der Waals surface area contributed by atoms with Gasteiger partial charge in [0.05, 0.1) is 10.7 Å². The minimum Gasteiger partial charge on any atom is -0.330 e. The van der Waals surface area contributed by atoms with Crippen molar-refractivity contribution in [1.29, 1.82) is 0 Å². The Morgan fingerprint density at radius 2 is 1.74 bits per heavy atom. The minimum atomic E-state index is 0.324. The molecule has 0 aliphatic heterocycles. The van der Waals surface area contributed by atoms with Gasteiger partial charge in [0.1, 0.15) is 0 Å². The molecule has 0 fully saturated rings. The third-order valence-corrected chi connectivity index (χ3v) is 3.82. The highest BCUT2D eigenvalue weighted by Crippen LogP contribution is 2.21. The second-order valence-corrected chi connectivity index (χ2v) is 6.00. The summed E-state index contributed by atoms with van der Waals surface area (Å²) in [5.74, 6) is 0. The summed E-state index contributed by atoms with van der Waals surface area (Å²) in [5.41, 5.74) is 4.23. The van der Waals surface area contributed by atoms with Gasteiger partial charge < -0.3 is 5.32 Å².